The van der Waals surface area contributed by atoms with Gasteiger partial charge in [0.1, 0.15) is 5.82 Å². The number of aromatic nitrogens is 2. The summed E-state index contributed by atoms with van der Waals surface area (Å²) in [5.41, 5.74) is 9.31. The summed E-state index contributed by atoms with van der Waals surface area (Å²) >= 11 is 0. The van der Waals surface area contributed by atoms with Crippen molar-refractivity contribution < 1.29 is 4.79 Å². The van der Waals surface area contributed by atoms with Crippen molar-refractivity contribution in [1.82, 2.24) is 19.4 Å². The summed E-state index contributed by atoms with van der Waals surface area (Å²) in [6.07, 6.45) is 8.19. The minimum absolute atomic E-state index is 0. The molecule has 3 fully saturated rings. The molecule has 4 heterocycles. The Morgan fingerprint density at radius 3 is 2.17 bits per heavy atom. The Morgan fingerprint density at radius 2 is 1.55 bits per heavy atom. The fourth-order valence-corrected chi connectivity index (χ4v) is 7.81. The van der Waals surface area contributed by atoms with Crippen molar-refractivity contribution in [2.24, 2.45) is 5.73 Å². The third-order valence-electron chi connectivity index (χ3n) is 9.79. The number of carbonyl (C=O) groups excluding carboxylic acids is 1. The van der Waals surface area contributed by atoms with Crippen LogP contribution in [0.15, 0.2) is 54.6 Å². The third-order valence-corrected chi connectivity index (χ3v) is 9.79. The molecule has 40 heavy (non-hydrogen) atoms. The highest BCUT2D eigenvalue weighted by atomic mass is 35.5. The molecule has 218 valence electrons. The van der Waals surface area contributed by atoms with E-state index >= 15 is 0 Å². The highest BCUT2D eigenvalue weighted by Crippen LogP contribution is 2.45. The van der Waals surface area contributed by atoms with Crippen molar-refractivity contribution >= 4 is 41.8 Å². The van der Waals surface area contributed by atoms with Gasteiger partial charge in [0.15, 0.2) is 0 Å². The van der Waals surface area contributed by atoms with Gasteiger partial charge in [0.2, 0.25) is 5.91 Å². The van der Waals surface area contributed by atoms with Crippen LogP contribution in [0.3, 0.4) is 0 Å². The van der Waals surface area contributed by atoms with Crippen LogP contribution in [0.1, 0.15) is 76.2 Å². The fraction of sp³-hybridized carbons (Fsp3) is 0.562. The fourth-order valence-electron chi connectivity index (χ4n) is 7.81. The van der Waals surface area contributed by atoms with Gasteiger partial charge in [-0.05, 0) is 95.4 Å². The van der Waals surface area contributed by atoms with Gasteiger partial charge in [-0.15, -0.1) is 24.8 Å². The lowest BCUT2D eigenvalue weighted by Gasteiger charge is -2.46. The number of halogens is 2. The summed E-state index contributed by atoms with van der Waals surface area (Å²) in [5.74, 6) is 1.22. The first kappa shape index (κ1) is 30.8. The van der Waals surface area contributed by atoms with E-state index < -0.39 is 5.54 Å². The number of para-hydroxylation sites is 2. The van der Waals surface area contributed by atoms with E-state index in [-0.39, 0.29) is 36.1 Å². The molecule has 8 heteroatoms. The molecule has 6 rings (SSSR count). The molecule has 0 aliphatic carbocycles. The number of likely N-dealkylation sites (tertiary alicyclic amines) is 1. The highest BCUT2D eigenvalue weighted by Gasteiger charge is 2.44. The number of aryl methyl sites for hydroxylation is 1. The maximum atomic E-state index is 12.9. The largest absolute Gasteiger partial charge is 0.341 e. The molecule has 1 amide bonds. The number of hydrogen-bond donors (Lipinski definition) is 1. The Kier molecular flexibility index (Phi) is 9.26. The van der Waals surface area contributed by atoms with Crippen LogP contribution in [-0.4, -0.2) is 62.5 Å². The van der Waals surface area contributed by atoms with E-state index in [0.29, 0.717) is 18.1 Å². The van der Waals surface area contributed by atoms with Crippen LogP contribution < -0.4 is 5.73 Å². The van der Waals surface area contributed by atoms with Gasteiger partial charge >= 0.3 is 0 Å². The molecule has 3 atom stereocenters. The lowest BCUT2D eigenvalue weighted by molar-refractivity contribution is -0.137. The van der Waals surface area contributed by atoms with Gasteiger partial charge in [0, 0.05) is 31.2 Å². The van der Waals surface area contributed by atoms with E-state index in [0.717, 1.165) is 50.2 Å². The molecule has 0 spiro atoms. The Balaban J connectivity index is 0.00000185. The summed E-state index contributed by atoms with van der Waals surface area (Å²) in [5, 5.41) is 0. The monoisotopic (exact) mass is 585 g/mol. The number of rotatable bonds is 6. The maximum Gasteiger partial charge on any atom is 0.242 e. The van der Waals surface area contributed by atoms with E-state index in [1.54, 1.807) is 0 Å². The first-order chi connectivity index (χ1) is 18.2. The van der Waals surface area contributed by atoms with Gasteiger partial charge in [0.25, 0.3) is 0 Å². The zero-order chi connectivity index (χ0) is 26.5. The van der Waals surface area contributed by atoms with E-state index in [4.69, 9.17) is 10.7 Å². The molecular weight excluding hydrogens is 541 g/mol. The predicted octanol–water partition coefficient (Wildman–Crippen LogP) is 6.04. The topological polar surface area (TPSA) is 67.4 Å². The Bertz CT molecular complexity index is 1280. The van der Waals surface area contributed by atoms with Gasteiger partial charge in [-0.1, -0.05) is 42.5 Å². The summed E-state index contributed by atoms with van der Waals surface area (Å²) in [6, 6.07) is 21.5. The van der Waals surface area contributed by atoms with E-state index in [2.05, 4.69) is 71.0 Å². The Hall–Kier alpha value is -2.12. The number of fused-ring (bicyclic) bond motifs is 3. The molecule has 2 aromatic carbocycles. The summed E-state index contributed by atoms with van der Waals surface area (Å²) < 4.78 is 2.52. The van der Waals surface area contributed by atoms with Gasteiger partial charge in [-0.3, -0.25) is 9.69 Å². The number of carbonyl (C=O) groups is 1. The van der Waals surface area contributed by atoms with Gasteiger partial charge in [-0.25, -0.2) is 4.98 Å². The number of benzene rings is 2. The van der Waals surface area contributed by atoms with Crippen LogP contribution >= 0.6 is 24.8 Å². The van der Waals surface area contributed by atoms with Crippen LogP contribution in [0.2, 0.25) is 0 Å². The molecule has 1 aromatic heterocycles. The van der Waals surface area contributed by atoms with Crippen molar-refractivity contribution in [2.45, 2.75) is 94.8 Å². The molecular formula is C32H45Cl2N5O. The van der Waals surface area contributed by atoms with Crippen molar-refractivity contribution in [3.05, 3.63) is 66.0 Å². The first-order valence-corrected chi connectivity index (χ1v) is 14.6. The van der Waals surface area contributed by atoms with Crippen molar-refractivity contribution in [3.8, 4) is 0 Å². The average Bonchev–Trinajstić information content (AvgIpc) is 3.38. The number of amides is 1. The standard InChI is InChI=1S/C32H43N5O.2ClH/c1-23-34-28-11-7-8-12-29(28)37(23)27-21-25-13-14-26(22-27)36(25)20-17-32(24-9-5-4-6-10-24)15-18-35(19-16-32)30(38)31(2,3)33;;/h4-12,25-27H,13-22,33H2,1-3H3;2*1H/t25-,26?,27?;;/m0../s1. The summed E-state index contributed by atoms with van der Waals surface area (Å²) in [6.45, 7) is 8.52. The van der Waals surface area contributed by atoms with E-state index in [1.807, 2.05) is 18.7 Å². The molecule has 2 unspecified atom stereocenters. The number of nitrogens with two attached hydrogens (primary N) is 1. The summed E-state index contributed by atoms with van der Waals surface area (Å²) in [4.78, 5) is 22.6. The lowest BCUT2D eigenvalue weighted by atomic mass is 9.70. The second-order valence-corrected chi connectivity index (χ2v) is 12.7. The molecule has 2 N–H and O–H groups in total. The quantitative estimate of drug-likeness (QED) is 0.382. The van der Waals surface area contributed by atoms with Crippen LogP contribution in [-0.2, 0) is 10.2 Å². The number of imidazole rings is 1. The number of piperidine rings is 2. The Labute approximate surface area is 251 Å². The molecule has 2 bridgehead atoms. The molecule has 0 saturated carbocycles. The SMILES string of the molecule is Cc1nc2ccccc2n1C1CC2CC[C@@H](C1)N2CCC1(c2ccccc2)CCN(C(=O)C(C)(C)N)CC1.Cl.Cl. The van der Waals surface area contributed by atoms with E-state index in [1.165, 1.54) is 36.8 Å². The normalized spacial score (nSPS) is 24.4. The number of nitrogens with zero attached hydrogens (tertiary/aromatic N) is 4. The molecule has 3 aliphatic rings. The molecule has 3 aliphatic heterocycles. The van der Waals surface area contributed by atoms with Crippen LogP contribution in [0.25, 0.3) is 11.0 Å². The zero-order valence-electron chi connectivity index (χ0n) is 24.1. The minimum atomic E-state index is -0.810. The van der Waals surface area contributed by atoms with Crippen LogP contribution in [0.4, 0.5) is 0 Å². The number of hydrogen-bond acceptors (Lipinski definition) is 4. The second-order valence-electron chi connectivity index (χ2n) is 12.7. The Morgan fingerprint density at radius 1 is 0.950 bits per heavy atom. The summed E-state index contributed by atoms with van der Waals surface area (Å²) in [7, 11) is 0. The smallest absolute Gasteiger partial charge is 0.242 e. The van der Waals surface area contributed by atoms with Crippen LogP contribution in [0, 0.1) is 6.92 Å². The van der Waals surface area contributed by atoms with Gasteiger partial charge in [-0.2, -0.15) is 0 Å². The van der Waals surface area contributed by atoms with Gasteiger partial charge in [0.05, 0.1) is 16.6 Å². The van der Waals surface area contributed by atoms with Crippen molar-refractivity contribution in [3.63, 3.8) is 0 Å². The molecule has 0 radical (unpaired) electrons. The predicted molar refractivity (Wildman–Crippen MR) is 168 cm³/mol. The highest BCUT2D eigenvalue weighted by molar-refractivity contribution is 5.86. The van der Waals surface area contributed by atoms with Crippen LogP contribution in [0.5, 0.6) is 0 Å². The zero-order valence-corrected chi connectivity index (χ0v) is 25.7. The lowest BCUT2D eigenvalue weighted by Crippen LogP contribution is -2.55. The van der Waals surface area contributed by atoms with Gasteiger partial charge < -0.3 is 15.2 Å². The maximum absolute atomic E-state index is 12.9. The van der Waals surface area contributed by atoms with Crippen molar-refractivity contribution in [2.75, 3.05) is 19.6 Å². The molecule has 3 aromatic rings. The molecule has 3 saturated heterocycles. The van der Waals surface area contributed by atoms with Crippen molar-refractivity contribution in [1.29, 1.82) is 0 Å². The minimum Gasteiger partial charge on any atom is -0.341 e. The van der Waals surface area contributed by atoms with E-state index in [9.17, 15) is 4.79 Å². The third kappa shape index (κ3) is 5.65. The molecule has 6 nitrogen and oxygen atoms in total. The first-order valence-electron chi connectivity index (χ1n) is 14.6. The second kappa shape index (κ2) is 12.0. The average molecular weight is 587 g/mol.